The molecule has 0 bridgehead atoms. The molecule has 1 heterocycles. The second-order valence-corrected chi connectivity index (χ2v) is 5.85. The van der Waals surface area contributed by atoms with Gasteiger partial charge < -0.3 is 0 Å². The number of alkyl halides is 1. The van der Waals surface area contributed by atoms with E-state index in [1.165, 1.54) is 11.3 Å². The molecule has 1 aromatic carbocycles. The van der Waals surface area contributed by atoms with E-state index in [-0.39, 0.29) is 16.1 Å². The zero-order valence-electron chi connectivity index (χ0n) is 9.84. The third kappa shape index (κ3) is 2.95. The Labute approximate surface area is 120 Å². The van der Waals surface area contributed by atoms with Crippen LogP contribution in [-0.4, -0.2) is 15.1 Å². The zero-order valence-corrected chi connectivity index (χ0v) is 12.2. The number of aromatic nitrogens is 2. The predicted molar refractivity (Wildman–Crippen MR) is 73.9 cm³/mol. The molecule has 0 radical (unpaired) electrons. The van der Waals surface area contributed by atoms with Gasteiger partial charge in [-0.05, 0) is 18.6 Å². The molecule has 5 nitrogen and oxygen atoms in total. The SMILES string of the molecule is CCC(Br)c1nnc(-c2cc(F)ccc2[N+](=O)[O-])s1. The second kappa shape index (κ2) is 5.70. The van der Waals surface area contributed by atoms with Gasteiger partial charge in [-0.15, -0.1) is 10.2 Å². The largest absolute Gasteiger partial charge is 0.279 e. The summed E-state index contributed by atoms with van der Waals surface area (Å²) in [6.45, 7) is 1.98. The number of nitro benzene ring substituents is 1. The average Bonchev–Trinajstić information content (AvgIpc) is 2.86. The molecule has 1 unspecified atom stereocenters. The molecule has 19 heavy (non-hydrogen) atoms. The van der Waals surface area contributed by atoms with Crippen molar-refractivity contribution in [1.29, 1.82) is 0 Å². The Morgan fingerprint density at radius 3 is 2.89 bits per heavy atom. The predicted octanol–water partition coefficient (Wildman–Crippen LogP) is 4.10. The normalized spacial score (nSPS) is 12.4. The summed E-state index contributed by atoms with van der Waals surface area (Å²) in [4.78, 5) is 10.4. The first-order valence-electron chi connectivity index (χ1n) is 5.44. The van der Waals surface area contributed by atoms with Crippen LogP contribution in [0.4, 0.5) is 10.1 Å². The van der Waals surface area contributed by atoms with Gasteiger partial charge in [0.25, 0.3) is 5.69 Å². The summed E-state index contributed by atoms with van der Waals surface area (Å²) in [6.07, 6.45) is 0.819. The van der Waals surface area contributed by atoms with Crippen LogP contribution in [0.2, 0.25) is 0 Å². The Balaban J connectivity index is 2.49. The Kier molecular flexibility index (Phi) is 4.20. The van der Waals surface area contributed by atoms with E-state index in [9.17, 15) is 14.5 Å². The smallest absolute Gasteiger partial charge is 0.258 e. The van der Waals surface area contributed by atoms with Crippen molar-refractivity contribution in [3.8, 4) is 10.6 Å². The third-order valence-corrected chi connectivity index (χ3v) is 4.91. The lowest BCUT2D eigenvalue weighted by Crippen LogP contribution is -1.92. The van der Waals surface area contributed by atoms with Gasteiger partial charge in [0, 0.05) is 6.07 Å². The summed E-state index contributed by atoms with van der Waals surface area (Å²) in [5.41, 5.74) is -0.0173. The first-order valence-corrected chi connectivity index (χ1v) is 7.18. The van der Waals surface area contributed by atoms with Crippen LogP contribution in [0.15, 0.2) is 18.2 Å². The van der Waals surface area contributed by atoms with E-state index in [4.69, 9.17) is 0 Å². The maximum absolute atomic E-state index is 13.3. The van der Waals surface area contributed by atoms with E-state index < -0.39 is 10.7 Å². The highest BCUT2D eigenvalue weighted by atomic mass is 79.9. The number of nitrogens with zero attached hydrogens (tertiary/aromatic N) is 3. The summed E-state index contributed by atoms with van der Waals surface area (Å²) in [6, 6.07) is 3.30. The van der Waals surface area contributed by atoms with Gasteiger partial charge in [0.2, 0.25) is 0 Å². The van der Waals surface area contributed by atoms with Crippen molar-refractivity contribution in [2.24, 2.45) is 0 Å². The molecular formula is C11H9BrFN3O2S. The van der Waals surface area contributed by atoms with Crippen LogP contribution >= 0.6 is 27.3 Å². The van der Waals surface area contributed by atoms with E-state index in [1.54, 1.807) is 0 Å². The maximum atomic E-state index is 13.3. The van der Waals surface area contributed by atoms with Crippen LogP contribution < -0.4 is 0 Å². The van der Waals surface area contributed by atoms with Crippen LogP contribution in [0.3, 0.4) is 0 Å². The zero-order chi connectivity index (χ0) is 14.0. The van der Waals surface area contributed by atoms with E-state index in [2.05, 4.69) is 26.1 Å². The number of halogens is 2. The lowest BCUT2D eigenvalue weighted by molar-refractivity contribution is -0.384. The average molecular weight is 346 g/mol. The van der Waals surface area contributed by atoms with Crippen LogP contribution in [0.1, 0.15) is 23.2 Å². The molecule has 8 heteroatoms. The quantitative estimate of drug-likeness (QED) is 0.475. The topological polar surface area (TPSA) is 68.9 Å². The number of hydrogen-bond donors (Lipinski definition) is 0. The molecule has 0 saturated carbocycles. The van der Waals surface area contributed by atoms with Gasteiger partial charge in [0.15, 0.2) is 5.01 Å². The molecule has 0 aliphatic carbocycles. The van der Waals surface area contributed by atoms with Gasteiger partial charge in [-0.2, -0.15) is 0 Å². The lowest BCUT2D eigenvalue weighted by atomic mass is 10.2. The van der Waals surface area contributed by atoms with E-state index >= 15 is 0 Å². The minimum Gasteiger partial charge on any atom is -0.258 e. The highest BCUT2D eigenvalue weighted by Gasteiger charge is 2.21. The fourth-order valence-electron chi connectivity index (χ4n) is 1.48. The summed E-state index contributed by atoms with van der Waals surface area (Å²) in [5.74, 6) is -0.539. The molecule has 0 aliphatic rings. The standard InChI is InChI=1S/C11H9BrFN3O2S/c1-2-8(12)11-15-14-10(19-11)7-5-6(13)3-4-9(7)16(17)18/h3-5,8H,2H2,1H3. The highest BCUT2D eigenvalue weighted by molar-refractivity contribution is 9.09. The van der Waals surface area contributed by atoms with Crippen molar-refractivity contribution in [2.75, 3.05) is 0 Å². The Bertz CT molecular complexity index is 620. The van der Waals surface area contributed by atoms with Crippen molar-refractivity contribution in [1.82, 2.24) is 10.2 Å². The lowest BCUT2D eigenvalue weighted by Gasteiger charge is -1.99. The van der Waals surface area contributed by atoms with Crippen molar-refractivity contribution >= 4 is 33.0 Å². The first-order chi connectivity index (χ1) is 9.02. The molecule has 1 aromatic heterocycles. The minimum atomic E-state index is -0.554. The number of rotatable bonds is 4. The van der Waals surface area contributed by atoms with Crippen molar-refractivity contribution in [3.63, 3.8) is 0 Å². The van der Waals surface area contributed by atoms with Gasteiger partial charge in [0.1, 0.15) is 10.8 Å². The molecule has 0 amide bonds. The fraction of sp³-hybridized carbons (Fsp3) is 0.273. The maximum Gasteiger partial charge on any atom is 0.279 e. The Morgan fingerprint density at radius 2 is 2.26 bits per heavy atom. The van der Waals surface area contributed by atoms with Gasteiger partial charge in [-0.25, -0.2) is 4.39 Å². The summed E-state index contributed by atoms with van der Waals surface area (Å²) in [5, 5.41) is 19.9. The van der Waals surface area contributed by atoms with Crippen LogP contribution in [0, 0.1) is 15.9 Å². The summed E-state index contributed by atoms with van der Waals surface area (Å²) >= 11 is 4.65. The molecule has 0 N–H and O–H groups in total. The van der Waals surface area contributed by atoms with E-state index in [1.807, 2.05) is 6.92 Å². The fourth-order valence-corrected chi connectivity index (χ4v) is 2.78. The molecule has 100 valence electrons. The van der Waals surface area contributed by atoms with Crippen LogP contribution in [-0.2, 0) is 0 Å². The molecule has 2 aromatic rings. The molecule has 2 rings (SSSR count). The molecule has 1 atom stereocenters. The highest BCUT2D eigenvalue weighted by Crippen LogP contribution is 2.36. The number of benzene rings is 1. The van der Waals surface area contributed by atoms with E-state index in [0.717, 1.165) is 29.6 Å². The number of nitro groups is 1. The van der Waals surface area contributed by atoms with Crippen molar-refractivity contribution in [2.45, 2.75) is 18.2 Å². The molecule has 0 fully saturated rings. The molecule has 0 aliphatic heterocycles. The monoisotopic (exact) mass is 345 g/mol. The Hall–Kier alpha value is -1.41. The van der Waals surface area contributed by atoms with Gasteiger partial charge >= 0.3 is 0 Å². The second-order valence-electron chi connectivity index (χ2n) is 3.74. The third-order valence-electron chi connectivity index (χ3n) is 2.45. The molecule has 0 saturated heterocycles. The molecule has 0 spiro atoms. The first kappa shape index (κ1) is 14.0. The van der Waals surface area contributed by atoms with Crippen molar-refractivity contribution in [3.05, 3.63) is 39.1 Å². The minimum absolute atomic E-state index is 0.0476. The van der Waals surface area contributed by atoms with Crippen LogP contribution in [0.25, 0.3) is 10.6 Å². The summed E-state index contributed by atoms with van der Waals surface area (Å²) < 4.78 is 13.3. The van der Waals surface area contributed by atoms with Crippen LogP contribution in [0.5, 0.6) is 0 Å². The van der Waals surface area contributed by atoms with Gasteiger partial charge in [0.05, 0.1) is 15.3 Å². The molecular weight excluding hydrogens is 337 g/mol. The van der Waals surface area contributed by atoms with Gasteiger partial charge in [-0.1, -0.05) is 34.2 Å². The number of hydrogen-bond acceptors (Lipinski definition) is 5. The van der Waals surface area contributed by atoms with Crippen molar-refractivity contribution < 1.29 is 9.31 Å². The van der Waals surface area contributed by atoms with Gasteiger partial charge in [-0.3, -0.25) is 10.1 Å². The Morgan fingerprint density at radius 1 is 1.53 bits per heavy atom. The summed E-state index contributed by atoms with van der Waals surface area (Å²) in [7, 11) is 0. The van der Waals surface area contributed by atoms with E-state index in [0.29, 0.717) is 5.01 Å².